The number of nitrogens with zero attached hydrogens (tertiary/aromatic N) is 2. The third-order valence-corrected chi connectivity index (χ3v) is 3.29. The Morgan fingerprint density at radius 1 is 1.17 bits per heavy atom. The number of rotatable bonds is 6. The number of anilines is 1. The van der Waals surface area contributed by atoms with E-state index in [0.717, 1.165) is 0 Å². The molecule has 0 fully saturated rings. The number of furan rings is 1. The summed E-state index contributed by atoms with van der Waals surface area (Å²) in [6.45, 7) is -1.92. The van der Waals surface area contributed by atoms with Crippen LogP contribution in [0.1, 0.15) is 5.76 Å². The van der Waals surface area contributed by atoms with Gasteiger partial charge in [0, 0.05) is 12.7 Å². The van der Waals surface area contributed by atoms with Crippen molar-refractivity contribution in [2.24, 2.45) is 0 Å². The third kappa shape index (κ3) is 5.29. The molecule has 1 aromatic carbocycles. The molecule has 0 aliphatic heterocycles. The molecule has 8 heteroatoms. The van der Waals surface area contributed by atoms with E-state index in [0.29, 0.717) is 10.6 Å². The molecular weight excluding hydrogens is 328 g/mol. The number of likely N-dealkylation sites (N-methyl/N-ethyl adjacent to an activating group) is 1. The fraction of sp³-hybridized carbons (Fsp3) is 0.312. The number of benzene rings is 1. The van der Waals surface area contributed by atoms with E-state index in [-0.39, 0.29) is 18.8 Å². The van der Waals surface area contributed by atoms with Crippen LogP contribution < -0.4 is 4.90 Å². The molecule has 0 spiro atoms. The molecule has 0 atom stereocenters. The van der Waals surface area contributed by atoms with Crippen LogP contribution in [0.5, 0.6) is 0 Å². The molecule has 0 N–H and O–H groups in total. The van der Waals surface area contributed by atoms with E-state index in [1.54, 1.807) is 7.05 Å². The number of carbonyl (C=O) groups is 1. The highest BCUT2D eigenvalue weighted by Gasteiger charge is 2.33. The quantitative estimate of drug-likeness (QED) is 0.753. The summed E-state index contributed by atoms with van der Waals surface area (Å²) < 4.78 is 56.1. The zero-order valence-corrected chi connectivity index (χ0v) is 12.9. The first-order chi connectivity index (χ1) is 11.2. The van der Waals surface area contributed by atoms with Gasteiger partial charge in [0.1, 0.15) is 18.1 Å². The van der Waals surface area contributed by atoms with E-state index in [9.17, 15) is 22.4 Å². The molecule has 0 aliphatic rings. The van der Waals surface area contributed by atoms with Crippen LogP contribution in [0.4, 0.5) is 23.2 Å². The molecule has 0 saturated carbocycles. The fourth-order valence-corrected chi connectivity index (χ4v) is 2.13. The van der Waals surface area contributed by atoms with Gasteiger partial charge in [-0.3, -0.25) is 4.79 Å². The summed E-state index contributed by atoms with van der Waals surface area (Å²) in [6.07, 6.45) is -3.19. The van der Waals surface area contributed by atoms with Gasteiger partial charge in [0.15, 0.2) is 0 Å². The average Bonchev–Trinajstić information content (AvgIpc) is 2.98. The maximum absolute atomic E-state index is 12.9. The SMILES string of the molecule is CN(CC(=O)N(Cc1ccco1)CC(F)(F)F)c1ccc(F)cc1. The Balaban J connectivity index is 2.07. The van der Waals surface area contributed by atoms with Gasteiger partial charge in [-0.1, -0.05) is 0 Å². The topological polar surface area (TPSA) is 36.7 Å². The van der Waals surface area contributed by atoms with Crippen LogP contribution in [0.2, 0.25) is 0 Å². The summed E-state index contributed by atoms with van der Waals surface area (Å²) in [7, 11) is 1.55. The Morgan fingerprint density at radius 2 is 1.83 bits per heavy atom. The van der Waals surface area contributed by atoms with E-state index in [2.05, 4.69) is 0 Å². The smallest absolute Gasteiger partial charge is 0.406 e. The largest absolute Gasteiger partial charge is 0.467 e. The van der Waals surface area contributed by atoms with Crippen LogP contribution >= 0.6 is 0 Å². The van der Waals surface area contributed by atoms with Crippen molar-refractivity contribution in [1.29, 1.82) is 0 Å². The molecule has 24 heavy (non-hydrogen) atoms. The number of hydrogen-bond acceptors (Lipinski definition) is 3. The minimum atomic E-state index is -4.52. The Hall–Kier alpha value is -2.51. The second kappa shape index (κ2) is 7.37. The first kappa shape index (κ1) is 17.8. The third-order valence-electron chi connectivity index (χ3n) is 3.29. The Kier molecular flexibility index (Phi) is 5.48. The second-order valence-corrected chi connectivity index (χ2v) is 5.28. The molecule has 0 bridgehead atoms. The maximum atomic E-state index is 12.9. The van der Waals surface area contributed by atoms with Gasteiger partial charge in [0.2, 0.25) is 5.91 Å². The van der Waals surface area contributed by atoms with Crippen molar-refractivity contribution in [2.75, 3.05) is 25.0 Å². The number of halogens is 4. The summed E-state index contributed by atoms with van der Waals surface area (Å²) in [5.41, 5.74) is 0.523. The minimum Gasteiger partial charge on any atom is -0.467 e. The van der Waals surface area contributed by atoms with Crippen LogP contribution in [-0.4, -0.2) is 37.1 Å². The van der Waals surface area contributed by atoms with Gasteiger partial charge < -0.3 is 14.2 Å². The van der Waals surface area contributed by atoms with Gasteiger partial charge in [0.25, 0.3) is 0 Å². The van der Waals surface area contributed by atoms with Crippen LogP contribution in [0, 0.1) is 5.82 Å². The summed E-state index contributed by atoms with van der Waals surface area (Å²) in [4.78, 5) is 14.4. The second-order valence-electron chi connectivity index (χ2n) is 5.28. The zero-order chi connectivity index (χ0) is 17.7. The summed E-state index contributed by atoms with van der Waals surface area (Å²) >= 11 is 0. The van der Waals surface area contributed by atoms with Gasteiger partial charge in [-0.25, -0.2) is 4.39 Å². The van der Waals surface area contributed by atoms with Gasteiger partial charge in [-0.15, -0.1) is 0 Å². The molecule has 0 aliphatic carbocycles. The Morgan fingerprint density at radius 3 is 2.38 bits per heavy atom. The van der Waals surface area contributed by atoms with Crippen molar-refractivity contribution in [1.82, 2.24) is 4.90 Å². The zero-order valence-electron chi connectivity index (χ0n) is 12.9. The molecule has 1 amide bonds. The lowest BCUT2D eigenvalue weighted by Crippen LogP contribution is -2.43. The Labute approximate surface area is 136 Å². The van der Waals surface area contributed by atoms with E-state index >= 15 is 0 Å². The predicted molar refractivity (Wildman–Crippen MR) is 79.9 cm³/mol. The fourth-order valence-electron chi connectivity index (χ4n) is 2.13. The number of alkyl halides is 3. The van der Waals surface area contributed by atoms with Gasteiger partial charge in [-0.2, -0.15) is 13.2 Å². The molecule has 2 rings (SSSR count). The molecule has 0 saturated heterocycles. The number of carbonyl (C=O) groups excluding carboxylic acids is 1. The van der Waals surface area contributed by atoms with E-state index < -0.39 is 24.4 Å². The molecule has 2 aromatic rings. The molecular formula is C16H16F4N2O2. The van der Waals surface area contributed by atoms with Crippen molar-refractivity contribution in [2.45, 2.75) is 12.7 Å². The molecule has 130 valence electrons. The average molecular weight is 344 g/mol. The molecule has 1 aromatic heterocycles. The lowest BCUT2D eigenvalue weighted by molar-refractivity contribution is -0.161. The highest BCUT2D eigenvalue weighted by Crippen LogP contribution is 2.19. The maximum Gasteiger partial charge on any atom is 0.406 e. The predicted octanol–water partition coefficient (Wildman–Crippen LogP) is 3.45. The molecule has 4 nitrogen and oxygen atoms in total. The van der Waals surface area contributed by atoms with Gasteiger partial charge in [-0.05, 0) is 36.4 Å². The molecule has 0 unspecified atom stereocenters. The summed E-state index contributed by atoms with van der Waals surface area (Å²) in [5.74, 6) is -0.887. The first-order valence-corrected chi connectivity index (χ1v) is 7.08. The van der Waals surface area contributed by atoms with E-state index in [4.69, 9.17) is 4.42 Å². The summed E-state index contributed by atoms with van der Waals surface area (Å²) in [5, 5.41) is 0. The van der Waals surface area contributed by atoms with Gasteiger partial charge >= 0.3 is 6.18 Å². The first-order valence-electron chi connectivity index (χ1n) is 7.08. The van der Waals surface area contributed by atoms with Crippen LogP contribution in [0.25, 0.3) is 0 Å². The van der Waals surface area contributed by atoms with Crippen molar-refractivity contribution in [3.63, 3.8) is 0 Å². The van der Waals surface area contributed by atoms with Crippen molar-refractivity contribution >= 4 is 11.6 Å². The van der Waals surface area contributed by atoms with Crippen LogP contribution in [0.15, 0.2) is 47.1 Å². The highest BCUT2D eigenvalue weighted by atomic mass is 19.4. The van der Waals surface area contributed by atoms with Crippen LogP contribution in [0.3, 0.4) is 0 Å². The normalized spacial score (nSPS) is 11.4. The summed E-state index contributed by atoms with van der Waals surface area (Å²) in [6, 6.07) is 8.36. The lowest BCUT2D eigenvalue weighted by atomic mass is 10.3. The van der Waals surface area contributed by atoms with Crippen LogP contribution in [-0.2, 0) is 11.3 Å². The minimum absolute atomic E-state index is 0.261. The Bertz CT molecular complexity index is 654. The van der Waals surface area contributed by atoms with Crippen molar-refractivity contribution < 1.29 is 26.8 Å². The highest BCUT2D eigenvalue weighted by molar-refractivity contribution is 5.81. The molecule has 0 radical (unpaired) electrons. The molecule has 1 heterocycles. The standard InChI is InChI=1S/C16H16F4N2O2/c1-21(13-6-4-12(17)5-7-13)10-15(23)22(11-16(18,19)20)9-14-3-2-8-24-14/h2-8H,9-11H2,1H3. The van der Waals surface area contributed by atoms with E-state index in [1.165, 1.54) is 47.6 Å². The van der Waals surface area contributed by atoms with Gasteiger partial charge in [0.05, 0.1) is 19.4 Å². The number of amides is 1. The van der Waals surface area contributed by atoms with Crippen molar-refractivity contribution in [3.8, 4) is 0 Å². The van der Waals surface area contributed by atoms with E-state index in [1.807, 2.05) is 0 Å². The van der Waals surface area contributed by atoms with Crippen molar-refractivity contribution in [3.05, 3.63) is 54.2 Å². The monoisotopic (exact) mass is 344 g/mol. The number of hydrogen-bond donors (Lipinski definition) is 0. The lowest BCUT2D eigenvalue weighted by Gasteiger charge is -2.26.